The molecular formula is C6H8F2N2O4S3. The zero-order valence-electron chi connectivity index (χ0n) is 8.13. The lowest BCUT2D eigenvalue weighted by atomic mass is 10.5. The Morgan fingerprint density at radius 1 is 1.29 bits per heavy atom. The summed E-state index contributed by atoms with van der Waals surface area (Å²) in [7, 11) is -8.54. The molecule has 6 nitrogen and oxygen atoms in total. The van der Waals surface area contributed by atoms with Crippen molar-refractivity contribution in [1.29, 1.82) is 0 Å². The number of rotatable bonds is 5. The molecule has 0 aromatic carbocycles. The van der Waals surface area contributed by atoms with Gasteiger partial charge >= 0.3 is 5.76 Å². The third-order valence-corrected chi connectivity index (χ3v) is 5.14. The fourth-order valence-corrected chi connectivity index (χ4v) is 3.13. The Balaban J connectivity index is 2.76. The summed E-state index contributed by atoms with van der Waals surface area (Å²) in [5.74, 6) is -3.53. The number of nitrogens with one attached hydrogen (secondary N) is 1. The number of thiophene rings is 1. The van der Waals surface area contributed by atoms with Crippen molar-refractivity contribution in [3.05, 3.63) is 17.0 Å². The van der Waals surface area contributed by atoms with Gasteiger partial charge in [-0.2, -0.15) is 8.78 Å². The van der Waals surface area contributed by atoms with Gasteiger partial charge in [0.05, 0.1) is 0 Å². The molecule has 1 heterocycles. The lowest BCUT2D eigenvalue weighted by Gasteiger charge is -2.03. The molecular weight excluding hydrogens is 298 g/mol. The summed E-state index contributed by atoms with van der Waals surface area (Å²) >= 11 is 0.707. The van der Waals surface area contributed by atoms with Crippen LogP contribution in [0.15, 0.2) is 16.3 Å². The van der Waals surface area contributed by atoms with Crippen molar-refractivity contribution in [2.75, 3.05) is 0 Å². The van der Waals surface area contributed by atoms with Crippen LogP contribution in [0.1, 0.15) is 4.88 Å². The van der Waals surface area contributed by atoms with Crippen LogP contribution in [-0.4, -0.2) is 22.6 Å². The third kappa shape index (κ3) is 3.96. The molecule has 0 aliphatic rings. The zero-order valence-corrected chi connectivity index (χ0v) is 10.6. The molecule has 17 heavy (non-hydrogen) atoms. The first-order chi connectivity index (χ1) is 7.63. The monoisotopic (exact) mass is 306 g/mol. The first kappa shape index (κ1) is 14.4. The number of sulfonamides is 2. The van der Waals surface area contributed by atoms with E-state index in [0.29, 0.717) is 11.3 Å². The van der Waals surface area contributed by atoms with E-state index in [1.54, 1.807) is 4.72 Å². The molecule has 0 radical (unpaired) electrons. The van der Waals surface area contributed by atoms with Crippen molar-refractivity contribution in [2.24, 2.45) is 5.14 Å². The van der Waals surface area contributed by atoms with Gasteiger partial charge in [0.2, 0.25) is 10.0 Å². The van der Waals surface area contributed by atoms with Gasteiger partial charge in [0, 0.05) is 11.4 Å². The van der Waals surface area contributed by atoms with E-state index in [1.807, 2.05) is 0 Å². The lowest BCUT2D eigenvalue weighted by Crippen LogP contribution is -2.28. The highest BCUT2D eigenvalue weighted by Gasteiger charge is 2.23. The van der Waals surface area contributed by atoms with Gasteiger partial charge in [-0.25, -0.2) is 26.7 Å². The van der Waals surface area contributed by atoms with E-state index >= 15 is 0 Å². The summed E-state index contributed by atoms with van der Waals surface area (Å²) in [6, 6.07) is 2.46. The number of nitrogens with two attached hydrogens (primary N) is 1. The number of hydrogen-bond acceptors (Lipinski definition) is 5. The number of halogens is 2. The van der Waals surface area contributed by atoms with Gasteiger partial charge in [0.1, 0.15) is 4.21 Å². The second-order valence-corrected chi connectivity index (χ2v) is 7.58. The van der Waals surface area contributed by atoms with E-state index in [1.165, 1.54) is 12.1 Å². The Bertz CT molecular complexity index is 593. The minimum Gasteiger partial charge on any atom is -0.224 e. The Labute approximate surface area is 101 Å². The van der Waals surface area contributed by atoms with Gasteiger partial charge in [-0.1, -0.05) is 0 Å². The molecule has 1 aromatic rings. The third-order valence-electron chi connectivity index (χ3n) is 1.60. The fourth-order valence-electron chi connectivity index (χ4n) is 0.841. The van der Waals surface area contributed by atoms with Crippen LogP contribution in [0.25, 0.3) is 0 Å². The molecule has 0 spiro atoms. The highest BCUT2D eigenvalue weighted by molar-refractivity contribution is 7.91. The quantitative estimate of drug-likeness (QED) is 0.800. The molecule has 0 unspecified atom stereocenters. The van der Waals surface area contributed by atoms with Crippen LogP contribution < -0.4 is 9.86 Å². The maximum atomic E-state index is 11.9. The van der Waals surface area contributed by atoms with Crippen LogP contribution >= 0.6 is 11.3 Å². The van der Waals surface area contributed by atoms with Crippen LogP contribution in [-0.2, 0) is 26.6 Å². The second-order valence-electron chi connectivity index (χ2n) is 2.89. The summed E-state index contributed by atoms with van der Waals surface area (Å²) in [6.45, 7) is -0.410. The van der Waals surface area contributed by atoms with Gasteiger partial charge in [0.15, 0.2) is 0 Å². The summed E-state index contributed by atoms with van der Waals surface area (Å²) in [5.41, 5.74) is 0. The standard InChI is InChI=1S/C6H8F2N2O4S3/c7-6(8)17(13,14)10-3-4-1-2-5(15-4)16(9,11)12/h1-2,6,10H,3H2,(H2,9,11,12). The molecule has 11 heteroatoms. The smallest absolute Gasteiger partial charge is 0.224 e. The predicted octanol–water partition coefficient (Wildman–Crippen LogP) is 0.0375. The minimum absolute atomic E-state index is 0.163. The van der Waals surface area contributed by atoms with E-state index in [0.717, 1.165) is 0 Å². The zero-order chi connectivity index (χ0) is 13.3. The SMILES string of the molecule is NS(=O)(=O)c1ccc(CNS(=O)(=O)C(F)F)s1. The van der Waals surface area contributed by atoms with Crippen molar-refractivity contribution in [2.45, 2.75) is 16.5 Å². The molecule has 0 aliphatic heterocycles. The number of hydrogen-bond donors (Lipinski definition) is 2. The van der Waals surface area contributed by atoms with Crippen molar-refractivity contribution in [3.63, 3.8) is 0 Å². The minimum atomic E-state index is -4.68. The lowest BCUT2D eigenvalue weighted by molar-refractivity contribution is 0.232. The topological polar surface area (TPSA) is 106 Å². The highest BCUT2D eigenvalue weighted by atomic mass is 32.2. The summed E-state index contributed by atoms with van der Waals surface area (Å²) in [6.07, 6.45) is 0. The normalized spacial score (nSPS) is 13.2. The molecule has 98 valence electrons. The van der Waals surface area contributed by atoms with E-state index in [2.05, 4.69) is 0 Å². The van der Waals surface area contributed by atoms with Crippen LogP contribution in [0.2, 0.25) is 0 Å². The Morgan fingerprint density at radius 2 is 1.88 bits per heavy atom. The molecule has 0 aliphatic carbocycles. The number of primary sulfonamides is 1. The van der Waals surface area contributed by atoms with Gasteiger partial charge in [-0.15, -0.1) is 11.3 Å². The predicted molar refractivity (Wildman–Crippen MR) is 57.5 cm³/mol. The average Bonchev–Trinajstić information content (AvgIpc) is 2.62. The van der Waals surface area contributed by atoms with E-state index in [-0.39, 0.29) is 9.09 Å². The van der Waals surface area contributed by atoms with Crippen LogP contribution in [0, 0.1) is 0 Å². The average molecular weight is 306 g/mol. The van der Waals surface area contributed by atoms with Crippen molar-refractivity contribution in [1.82, 2.24) is 4.72 Å². The van der Waals surface area contributed by atoms with Crippen LogP contribution in [0.4, 0.5) is 8.78 Å². The summed E-state index contributed by atoms with van der Waals surface area (Å²) < 4.78 is 68.6. The van der Waals surface area contributed by atoms with E-state index < -0.39 is 32.3 Å². The first-order valence-corrected chi connectivity index (χ1v) is 7.92. The molecule has 0 atom stereocenters. The maximum absolute atomic E-state index is 11.9. The summed E-state index contributed by atoms with van der Waals surface area (Å²) in [5, 5.41) is 4.82. The second kappa shape index (κ2) is 4.94. The Hall–Kier alpha value is -0.620. The molecule has 0 fully saturated rings. The molecule has 0 saturated heterocycles. The molecule has 0 bridgehead atoms. The molecule has 3 N–H and O–H groups in total. The first-order valence-electron chi connectivity index (χ1n) is 4.01. The van der Waals surface area contributed by atoms with Crippen molar-refractivity contribution in [3.8, 4) is 0 Å². The maximum Gasteiger partial charge on any atom is 0.350 e. The fraction of sp³-hybridized carbons (Fsp3) is 0.333. The Kier molecular flexibility index (Phi) is 4.19. The molecule has 0 saturated carbocycles. The number of alkyl halides is 2. The summed E-state index contributed by atoms with van der Waals surface area (Å²) in [4.78, 5) is 0.262. The van der Waals surface area contributed by atoms with E-state index in [4.69, 9.17) is 5.14 Å². The van der Waals surface area contributed by atoms with Gasteiger partial charge in [0.25, 0.3) is 10.0 Å². The van der Waals surface area contributed by atoms with E-state index in [9.17, 15) is 25.6 Å². The Morgan fingerprint density at radius 3 is 2.29 bits per heavy atom. The van der Waals surface area contributed by atoms with Crippen LogP contribution in [0.3, 0.4) is 0 Å². The molecule has 1 aromatic heterocycles. The molecule has 1 rings (SSSR count). The van der Waals surface area contributed by atoms with Gasteiger partial charge in [-0.05, 0) is 12.1 Å². The van der Waals surface area contributed by atoms with Crippen molar-refractivity contribution < 1.29 is 25.6 Å². The van der Waals surface area contributed by atoms with Gasteiger partial charge in [-0.3, -0.25) is 0 Å². The van der Waals surface area contributed by atoms with Gasteiger partial charge < -0.3 is 0 Å². The largest absolute Gasteiger partial charge is 0.350 e. The highest BCUT2D eigenvalue weighted by Crippen LogP contribution is 2.20. The van der Waals surface area contributed by atoms with Crippen LogP contribution in [0.5, 0.6) is 0 Å². The molecule has 0 amide bonds. The van der Waals surface area contributed by atoms with Crippen molar-refractivity contribution >= 4 is 31.4 Å².